The summed E-state index contributed by atoms with van der Waals surface area (Å²) in [6, 6.07) is 7.77. The molecule has 0 saturated carbocycles. The van der Waals surface area contributed by atoms with Gasteiger partial charge in [0, 0.05) is 9.90 Å². The van der Waals surface area contributed by atoms with E-state index in [1.54, 1.807) is 6.07 Å². The summed E-state index contributed by atoms with van der Waals surface area (Å²) in [5.74, 6) is -0.775. The van der Waals surface area contributed by atoms with Gasteiger partial charge in [0.1, 0.15) is 4.88 Å². The van der Waals surface area contributed by atoms with Gasteiger partial charge in [0.25, 0.3) is 0 Å². The normalized spacial score (nSPS) is 12.2. The van der Waals surface area contributed by atoms with Crippen molar-refractivity contribution in [1.29, 1.82) is 0 Å². The molecule has 0 aliphatic carbocycles. The van der Waals surface area contributed by atoms with Crippen molar-refractivity contribution in [3.8, 4) is 0 Å². The number of hydrogen-bond acceptors (Lipinski definition) is 5. The standard InChI is InChI=1S/C17H19ClO4S2/c1-17(2,3)14-9-11(15(23-14)16(19)22-4)10-24(20,21)13-7-5-12(18)6-8-13/h5-9H,10H2,1-4H3. The number of thiophene rings is 1. The van der Waals surface area contributed by atoms with Gasteiger partial charge in [0.15, 0.2) is 9.84 Å². The Kier molecular flexibility index (Phi) is 5.42. The SMILES string of the molecule is COC(=O)c1sc(C(C)(C)C)cc1CS(=O)(=O)c1ccc(Cl)cc1. The van der Waals surface area contributed by atoms with E-state index in [-0.39, 0.29) is 16.1 Å². The number of carbonyl (C=O) groups is 1. The second-order valence-electron chi connectivity index (χ2n) is 6.42. The Morgan fingerprint density at radius 3 is 2.29 bits per heavy atom. The molecule has 0 unspecified atom stereocenters. The molecule has 1 heterocycles. The number of methoxy groups -OCH3 is 1. The molecule has 0 spiro atoms. The summed E-state index contributed by atoms with van der Waals surface area (Å²) < 4.78 is 30.1. The molecule has 2 aromatic rings. The summed E-state index contributed by atoms with van der Waals surface area (Å²) in [6.45, 7) is 6.03. The minimum Gasteiger partial charge on any atom is -0.465 e. The van der Waals surface area contributed by atoms with Crippen LogP contribution in [-0.4, -0.2) is 21.5 Å². The second kappa shape index (κ2) is 6.86. The van der Waals surface area contributed by atoms with Crippen molar-refractivity contribution >= 4 is 38.7 Å². The lowest BCUT2D eigenvalue weighted by molar-refractivity contribution is 0.0605. The van der Waals surface area contributed by atoms with Crippen LogP contribution in [0.25, 0.3) is 0 Å². The smallest absolute Gasteiger partial charge is 0.348 e. The summed E-state index contributed by atoms with van der Waals surface area (Å²) in [5.41, 5.74) is 0.280. The maximum absolute atomic E-state index is 12.6. The lowest BCUT2D eigenvalue weighted by Gasteiger charge is -2.15. The zero-order valence-electron chi connectivity index (χ0n) is 13.9. The van der Waals surface area contributed by atoms with Gasteiger partial charge < -0.3 is 4.74 Å². The van der Waals surface area contributed by atoms with Crippen molar-refractivity contribution < 1.29 is 17.9 Å². The molecule has 1 aromatic heterocycles. The summed E-state index contributed by atoms with van der Waals surface area (Å²) in [5, 5.41) is 0.467. The number of ether oxygens (including phenoxy) is 1. The predicted molar refractivity (Wildman–Crippen MR) is 96.7 cm³/mol. The molecule has 0 radical (unpaired) electrons. The zero-order valence-corrected chi connectivity index (χ0v) is 16.3. The van der Waals surface area contributed by atoms with E-state index >= 15 is 0 Å². The van der Waals surface area contributed by atoms with Gasteiger partial charge in [-0.1, -0.05) is 32.4 Å². The maximum Gasteiger partial charge on any atom is 0.348 e. The van der Waals surface area contributed by atoms with Gasteiger partial charge in [-0.3, -0.25) is 0 Å². The second-order valence-corrected chi connectivity index (χ2v) is 9.90. The van der Waals surface area contributed by atoms with Crippen LogP contribution in [0.2, 0.25) is 5.02 Å². The number of rotatable bonds is 4. The third kappa shape index (κ3) is 4.18. The third-order valence-corrected chi connectivity index (χ3v) is 6.95. The fraction of sp³-hybridized carbons (Fsp3) is 0.353. The molecule has 24 heavy (non-hydrogen) atoms. The van der Waals surface area contributed by atoms with Crippen LogP contribution in [-0.2, 0) is 25.7 Å². The molecule has 4 nitrogen and oxygen atoms in total. The van der Waals surface area contributed by atoms with E-state index in [0.29, 0.717) is 15.5 Å². The fourth-order valence-electron chi connectivity index (χ4n) is 2.10. The lowest BCUT2D eigenvalue weighted by Crippen LogP contribution is -2.09. The molecule has 0 fully saturated rings. The molecule has 0 aliphatic rings. The van der Waals surface area contributed by atoms with Crippen LogP contribution in [0.1, 0.15) is 40.9 Å². The molecule has 130 valence electrons. The van der Waals surface area contributed by atoms with Gasteiger partial charge in [0.2, 0.25) is 0 Å². The molecule has 0 aliphatic heterocycles. The highest BCUT2D eigenvalue weighted by Gasteiger charge is 2.26. The third-order valence-electron chi connectivity index (χ3n) is 3.44. The molecular formula is C17H19ClO4S2. The van der Waals surface area contributed by atoms with Gasteiger partial charge >= 0.3 is 5.97 Å². The van der Waals surface area contributed by atoms with Crippen molar-refractivity contribution in [1.82, 2.24) is 0 Å². The van der Waals surface area contributed by atoms with Crippen LogP contribution >= 0.6 is 22.9 Å². The first-order valence-corrected chi connectivity index (χ1v) is 10.1. The van der Waals surface area contributed by atoms with Crippen LogP contribution in [0.5, 0.6) is 0 Å². The van der Waals surface area contributed by atoms with E-state index in [2.05, 4.69) is 0 Å². The highest BCUT2D eigenvalue weighted by Crippen LogP contribution is 2.34. The minimum atomic E-state index is -3.59. The van der Waals surface area contributed by atoms with E-state index < -0.39 is 15.8 Å². The van der Waals surface area contributed by atoms with Gasteiger partial charge in [-0.05, 0) is 41.3 Å². The summed E-state index contributed by atoms with van der Waals surface area (Å²) in [6.07, 6.45) is 0. The van der Waals surface area contributed by atoms with Crippen molar-refractivity contribution in [3.63, 3.8) is 0 Å². The molecule has 0 N–H and O–H groups in total. The molecule has 0 bridgehead atoms. The first-order valence-electron chi connectivity index (χ1n) is 7.24. The van der Waals surface area contributed by atoms with Gasteiger partial charge in [-0.15, -0.1) is 11.3 Å². The Morgan fingerprint density at radius 1 is 1.21 bits per heavy atom. The van der Waals surface area contributed by atoms with E-state index in [1.807, 2.05) is 20.8 Å². The van der Waals surface area contributed by atoms with Crippen LogP contribution < -0.4 is 0 Å². The summed E-state index contributed by atoms with van der Waals surface area (Å²) in [7, 11) is -2.30. The minimum absolute atomic E-state index is 0.172. The van der Waals surface area contributed by atoms with Crippen LogP contribution in [0.4, 0.5) is 0 Å². The Morgan fingerprint density at radius 2 is 1.79 bits per heavy atom. The first-order chi connectivity index (χ1) is 11.0. The van der Waals surface area contributed by atoms with Crippen molar-refractivity contribution in [2.75, 3.05) is 7.11 Å². The number of carbonyl (C=O) groups excluding carboxylic acids is 1. The van der Waals surface area contributed by atoms with Crippen molar-refractivity contribution in [3.05, 3.63) is 50.7 Å². The largest absolute Gasteiger partial charge is 0.465 e. The number of sulfone groups is 1. The average Bonchev–Trinajstić information content (AvgIpc) is 2.90. The summed E-state index contributed by atoms with van der Waals surface area (Å²) in [4.78, 5) is 13.5. The number of benzene rings is 1. The van der Waals surface area contributed by atoms with E-state index in [0.717, 1.165) is 4.88 Å². The van der Waals surface area contributed by atoms with Gasteiger partial charge in [0.05, 0.1) is 17.8 Å². The molecular weight excluding hydrogens is 368 g/mol. The Hall–Kier alpha value is -1.37. The number of esters is 1. The Bertz CT molecular complexity index is 844. The monoisotopic (exact) mass is 386 g/mol. The molecule has 1 aromatic carbocycles. The van der Waals surface area contributed by atoms with Crippen LogP contribution in [0, 0.1) is 0 Å². The summed E-state index contributed by atoms with van der Waals surface area (Å²) >= 11 is 7.08. The quantitative estimate of drug-likeness (QED) is 0.728. The van der Waals surface area contributed by atoms with Gasteiger partial charge in [-0.25, -0.2) is 13.2 Å². The van der Waals surface area contributed by atoms with Gasteiger partial charge in [-0.2, -0.15) is 0 Å². The highest BCUT2D eigenvalue weighted by molar-refractivity contribution is 7.90. The Balaban J connectivity index is 2.46. The predicted octanol–water partition coefficient (Wildman–Crippen LogP) is 4.46. The zero-order chi connectivity index (χ0) is 18.1. The van der Waals surface area contributed by atoms with Crippen LogP contribution in [0.15, 0.2) is 35.2 Å². The van der Waals surface area contributed by atoms with E-state index in [4.69, 9.17) is 16.3 Å². The fourth-order valence-corrected chi connectivity index (χ4v) is 4.83. The first kappa shape index (κ1) is 19.0. The van der Waals surface area contributed by atoms with E-state index in [9.17, 15) is 13.2 Å². The van der Waals surface area contributed by atoms with Crippen LogP contribution in [0.3, 0.4) is 0 Å². The van der Waals surface area contributed by atoms with E-state index in [1.165, 1.54) is 42.7 Å². The Labute approximate surface area is 151 Å². The topological polar surface area (TPSA) is 60.4 Å². The highest BCUT2D eigenvalue weighted by atomic mass is 35.5. The molecule has 2 rings (SSSR count). The lowest BCUT2D eigenvalue weighted by atomic mass is 9.94. The maximum atomic E-state index is 12.6. The number of hydrogen-bond donors (Lipinski definition) is 0. The molecule has 7 heteroatoms. The molecule has 0 atom stereocenters. The van der Waals surface area contributed by atoms with Crippen molar-refractivity contribution in [2.45, 2.75) is 36.8 Å². The number of halogens is 1. The van der Waals surface area contributed by atoms with Crippen molar-refractivity contribution in [2.24, 2.45) is 0 Å². The molecule has 0 saturated heterocycles. The molecule has 0 amide bonds. The average molecular weight is 387 g/mol.